The van der Waals surface area contributed by atoms with E-state index < -0.39 is 0 Å². The Hall–Kier alpha value is -2.06. The number of aryl methyl sites for hydroxylation is 4. The van der Waals surface area contributed by atoms with Gasteiger partial charge in [-0.25, -0.2) is 0 Å². The first-order valence-corrected chi connectivity index (χ1v) is 9.40. The van der Waals surface area contributed by atoms with Crippen molar-refractivity contribution in [2.75, 3.05) is 7.05 Å². The third-order valence-corrected chi connectivity index (χ3v) is 6.02. The molecule has 0 saturated heterocycles. The van der Waals surface area contributed by atoms with Crippen molar-refractivity contribution in [1.82, 2.24) is 9.47 Å². The van der Waals surface area contributed by atoms with Crippen LogP contribution in [0.1, 0.15) is 34.9 Å². The van der Waals surface area contributed by atoms with Crippen LogP contribution in [0, 0.1) is 13.8 Å². The molecule has 0 spiro atoms. The highest BCUT2D eigenvalue weighted by atomic mass is 15.1. The fourth-order valence-corrected chi connectivity index (χ4v) is 4.33. The topological polar surface area (TPSA) is 8.17 Å². The second-order valence-corrected chi connectivity index (χ2v) is 7.69. The fourth-order valence-electron chi connectivity index (χ4n) is 4.33. The molecule has 1 aliphatic heterocycles. The maximum absolute atomic E-state index is 2.62. The van der Waals surface area contributed by atoms with Gasteiger partial charge in [-0.15, -0.1) is 0 Å². The van der Waals surface area contributed by atoms with Gasteiger partial charge >= 0.3 is 0 Å². The Morgan fingerprint density at radius 2 is 1.76 bits per heavy atom. The van der Waals surface area contributed by atoms with E-state index in [1.54, 1.807) is 11.3 Å². The van der Waals surface area contributed by atoms with Crippen molar-refractivity contribution in [3.63, 3.8) is 0 Å². The summed E-state index contributed by atoms with van der Waals surface area (Å²) in [5.74, 6) is 0. The summed E-state index contributed by atoms with van der Waals surface area (Å²) in [7, 11) is 2.25. The zero-order chi connectivity index (χ0) is 17.6. The molecule has 0 N–H and O–H groups in total. The highest BCUT2D eigenvalue weighted by Gasteiger charge is 2.26. The quantitative estimate of drug-likeness (QED) is 0.664. The van der Waals surface area contributed by atoms with Crippen molar-refractivity contribution in [2.24, 2.45) is 0 Å². The number of fused-ring (bicyclic) bond motifs is 3. The van der Waals surface area contributed by atoms with Gasteiger partial charge in [0.1, 0.15) is 0 Å². The molecule has 0 radical (unpaired) electrons. The second kappa shape index (κ2) is 6.34. The summed E-state index contributed by atoms with van der Waals surface area (Å²) in [4.78, 5) is 2.48. The summed E-state index contributed by atoms with van der Waals surface area (Å²) in [6.45, 7) is 8.96. The Morgan fingerprint density at radius 3 is 2.56 bits per heavy atom. The fraction of sp³-hybridized carbons (Fsp3) is 0.391. The van der Waals surface area contributed by atoms with E-state index in [0.29, 0.717) is 6.04 Å². The summed E-state index contributed by atoms with van der Waals surface area (Å²) in [6.07, 6.45) is 2.25. The molecule has 0 bridgehead atoms. The molecule has 0 aliphatic carbocycles. The number of rotatable bonds is 3. The number of aromatic nitrogens is 1. The SMILES string of the molecule is Cc1ccccc1CCn1c2c(c3cccc(C)c31)CN(C)C(C)C2. The van der Waals surface area contributed by atoms with Crippen LogP contribution in [0.2, 0.25) is 0 Å². The number of hydrogen-bond acceptors (Lipinski definition) is 1. The normalized spacial score (nSPS) is 17.8. The van der Waals surface area contributed by atoms with E-state index in [-0.39, 0.29) is 0 Å². The minimum absolute atomic E-state index is 0.606. The molecule has 1 atom stereocenters. The van der Waals surface area contributed by atoms with Gasteiger partial charge in [0.2, 0.25) is 0 Å². The lowest BCUT2D eigenvalue weighted by molar-refractivity contribution is 0.228. The van der Waals surface area contributed by atoms with E-state index in [0.717, 1.165) is 25.9 Å². The molecule has 1 unspecified atom stereocenters. The van der Waals surface area contributed by atoms with E-state index in [2.05, 4.69) is 79.8 Å². The van der Waals surface area contributed by atoms with Crippen LogP contribution in [0.4, 0.5) is 0 Å². The summed E-state index contributed by atoms with van der Waals surface area (Å²) in [5.41, 5.74) is 8.81. The van der Waals surface area contributed by atoms with Gasteiger partial charge in [0.25, 0.3) is 0 Å². The monoisotopic (exact) mass is 332 g/mol. The highest BCUT2D eigenvalue weighted by Crippen LogP contribution is 2.34. The van der Waals surface area contributed by atoms with Crippen LogP contribution in [-0.4, -0.2) is 22.6 Å². The largest absolute Gasteiger partial charge is 0.344 e. The van der Waals surface area contributed by atoms with Gasteiger partial charge in [0.05, 0.1) is 5.52 Å². The van der Waals surface area contributed by atoms with Crippen molar-refractivity contribution < 1.29 is 0 Å². The highest BCUT2D eigenvalue weighted by molar-refractivity contribution is 5.88. The third-order valence-electron chi connectivity index (χ3n) is 6.02. The molecule has 2 nitrogen and oxygen atoms in total. The molecule has 4 rings (SSSR count). The van der Waals surface area contributed by atoms with Gasteiger partial charge in [-0.2, -0.15) is 0 Å². The lowest BCUT2D eigenvalue weighted by atomic mass is 9.99. The van der Waals surface area contributed by atoms with Gasteiger partial charge in [-0.1, -0.05) is 42.5 Å². The average Bonchev–Trinajstić information content (AvgIpc) is 2.89. The van der Waals surface area contributed by atoms with Gasteiger partial charge in [0.15, 0.2) is 0 Å². The number of para-hydroxylation sites is 1. The molecule has 0 saturated carbocycles. The van der Waals surface area contributed by atoms with Crippen molar-refractivity contribution in [1.29, 1.82) is 0 Å². The maximum atomic E-state index is 2.62. The Balaban J connectivity index is 1.80. The Labute approximate surface area is 151 Å². The molecule has 2 aromatic carbocycles. The van der Waals surface area contributed by atoms with Gasteiger partial charge < -0.3 is 4.57 Å². The van der Waals surface area contributed by atoms with Gasteiger partial charge in [-0.3, -0.25) is 4.90 Å². The molecule has 25 heavy (non-hydrogen) atoms. The lowest BCUT2D eigenvalue weighted by Crippen LogP contribution is -2.35. The number of nitrogens with zero attached hydrogens (tertiary/aromatic N) is 2. The molecule has 3 aromatic rings. The van der Waals surface area contributed by atoms with Crippen molar-refractivity contribution >= 4 is 10.9 Å². The minimum atomic E-state index is 0.606. The zero-order valence-corrected chi connectivity index (χ0v) is 15.8. The van der Waals surface area contributed by atoms with E-state index in [4.69, 9.17) is 0 Å². The van der Waals surface area contributed by atoms with E-state index in [9.17, 15) is 0 Å². The molecular formula is C23H28N2. The Bertz CT molecular complexity index is 919. The van der Waals surface area contributed by atoms with Crippen LogP contribution < -0.4 is 0 Å². The number of hydrogen-bond donors (Lipinski definition) is 0. The predicted molar refractivity (Wildman–Crippen MR) is 106 cm³/mol. The Kier molecular flexibility index (Phi) is 4.16. The summed E-state index contributed by atoms with van der Waals surface area (Å²) >= 11 is 0. The third kappa shape index (κ3) is 2.79. The minimum Gasteiger partial charge on any atom is -0.344 e. The van der Waals surface area contributed by atoms with E-state index >= 15 is 0 Å². The Morgan fingerprint density at radius 1 is 1.00 bits per heavy atom. The molecule has 1 aromatic heterocycles. The molecule has 130 valence electrons. The molecule has 2 heterocycles. The summed E-state index contributed by atoms with van der Waals surface area (Å²) in [6, 6.07) is 16.2. The average molecular weight is 332 g/mol. The molecule has 1 aliphatic rings. The van der Waals surface area contributed by atoms with Crippen LogP contribution in [-0.2, 0) is 25.9 Å². The summed E-state index contributed by atoms with van der Waals surface area (Å²) < 4.78 is 2.62. The summed E-state index contributed by atoms with van der Waals surface area (Å²) in [5, 5.41) is 1.46. The van der Waals surface area contributed by atoms with E-state index in [1.165, 1.54) is 27.6 Å². The second-order valence-electron chi connectivity index (χ2n) is 7.69. The first kappa shape index (κ1) is 16.4. The standard InChI is InChI=1S/C23H28N2/c1-16-8-5-6-10-19(16)12-13-25-22-14-18(3)24(4)15-21(22)20-11-7-9-17(2)23(20)25/h5-11,18H,12-15H2,1-4H3. The van der Waals surface area contributed by atoms with Crippen LogP contribution in [0.25, 0.3) is 10.9 Å². The first-order valence-electron chi connectivity index (χ1n) is 9.40. The van der Waals surface area contributed by atoms with Crippen LogP contribution in [0.5, 0.6) is 0 Å². The maximum Gasteiger partial charge on any atom is 0.0515 e. The number of benzene rings is 2. The smallest absolute Gasteiger partial charge is 0.0515 e. The lowest BCUT2D eigenvalue weighted by Gasteiger charge is -2.31. The van der Waals surface area contributed by atoms with Crippen molar-refractivity contribution in [2.45, 2.75) is 52.7 Å². The molecular weight excluding hydrogens is 304 g/mol. The number of likely N-dealkylation sites (N-methyl/N-ethyl adjacent to an activating group) is 1. The van der Waals surface area contributed by atoms with Crippen LogP contribution in [0.15, 0.2) is 42.5 Å². The molecule has 2 heteroatoms. The van der Waals surface area contributed by atoms with Crippen LogP contribution in [0.3, 0.4) is 0 Å². The van der Waals surface area contributed by atoms with Gasteiger partial charge in [0, 0.05) is 36.6 Å². The predicted octanol–water partition coefficient (Wildman–Crippen LogP) is 4.88. The molecule has 0 amide bonds. The molecule has 0 fully saturated rings. The van der Waals surface area contributed by atoms with Crippen molar-refractivity contribution in [3.8, 4) is 0 Å². The van der Waals surface area contributed by atoms with E-state index in [1.807, 2.05) is 0 Å². The zero-order valence-electron chi connectivity index (χ0n) is 15.8. The van der Waals surface area contributed by atoms with Crippen LogP contribution >= 0.6 is 0 Å². The first-order chi connectivity index (χ1) is 12.1. The van der Waals surface area contributed by atoms with Gasteiger partial charge in [-0.05, 0) is 56.5 Å². The van der Waals surface area contributed by atoms with Crippen molar-refractivity contribution in [3.05, 3.63) is 70.4 Å².